The average Bonchev–Trinajstić information content (AvgIpc) is 3.56. The number of carbonyl (C=O) groups is 1. The minimum atomic E-state index is -3.61. The van der Waals surface area contributed by atoms with E-state index in [4.69, 9.17) is 4.42 Å². The van der Waals surface area contributed by atoms with Crippen LogP contribution in [0.2, 0.25) is 0 Å². The first-order valence-electron chi connectivity index (χ1n) is 11.8. The van der Waals surface area contributed by atoms with Gasteiger partial charge in [-0.3, -0.25) is 9.69 Å². The zero-order valence-corrected chi connectivity index (χ0v) is 21.1. The molecule has 7 nitrogen and oxygen atoms in total. The number of rotatable bonds is 7. The second-order valence-electron chi connectivity index (χ2n) is 8.63. The number of aromatic nitrogens is 1. The maximum atomic E-state index is 13.6. The summed E-state index contributed by atoms with van der Waals surface area (Å²) in [6.07, 6.45) is 5.17. The van der Waals surface area contributed by atoms with Crippen LogP contribution in [0, 0.1) is 0 Å². The van der Waals surface area contributed by atoms with Gasteiger partial charge >= 0.3 is 0 Å². The van der Waals surface area contributed by atoms with Crippen LogP contribution in [0.4, 0.5) is 5.13 Å². The van der Waals surface area contributed by atoms with Crippen molar-refractivity contribution in [1.82, 2.24) is 9.29 Å². The Bertz CT molecular complexity index is 1380. The zero-order valence-electron chi connectivity index (χ0n) is 19.5. The van der Waals surface area contributed by atoms with Crippen molar-refractivity contribution in [2.24, 2.45) is 0 Å². The molecule has 1 unspecified atom stereocenters. The van der Waals surface area contributed by atoms with Crippen LogP contribution in [0.3, 0.4) is 0 Å². The molecule has 1 aliphatic rings. The van der Waals surface area contributed by atoms with Gasteiger partial charge in [-0.2, -0.15) is 4.31 Å². The van der Waals surface area contributed by atoms with Crippen LogP contribution in [0.5, 0.6) is 0 Å². The van der Waals surface area contributed by atoms with Gasteiger partial charge in [-0.1, -0.05) is 36.8 Å². The smallest absolute Gasteiger partial charge is 0.260 e. The number of sulfonamides is 1. The highest BCUT2D eigenvalue weighted by atomic mass is 32.2. The van der Waals surface area contributed by atoms with Gasteiger partial charge < -0.3 is 4.42 Å². The predicted octanol–water partition coefficient (Wildman–Crippen LogP) is 5.69. The van der Waals surface area contributed by atoms with Gasteiger partial charge in [0.2, 0.25) is 10.0 Å². The quantitative estimate of drug-likeness (QED) is 0.320. The molecular formula is C26H27N3O4S2. The normalized spacial score (nSPS) is 17.0. The molecular weight excluding hydrogens is 482 g/mol. The zero-order chi connectivity index (χ0) is 24.4. The van der Waals surface area contributed by atoms with E-state index in [0.29, 0.717) is 23.0 Å². The van der Waals surface area contributed by atoms with E-state index >= 15 is 0 Å². The summed E-state index contributed by atoms with van der Waals surface area (Å²) in [6, 6.07) is 17.6. The van der Waals surface area contributed by atoms with Gasteiger partial charge in [-0.25, -0.2) is 13.4 Å². The van der Waals surface area contributed by atoms with Crippen LogP contribution in [0.1, 0.15) is 48.7 Å². The largest absolute Gasteiger partial charge is 0.467 e. The molecule has 1 saturated heterocycles. The van der Waals surface area contributed by atoms with E-state index in [1.165, 1.54) is 23.5 Å². The fourth-order valence-corrected chi connectivity index (χ4v) is 7.25. The third-order valence-electron chi connectivity index (χ3n) is 6.40. The molecule has 35 heavy (non-hydrogen) atoms. The topological polar surface area (TPSA) is 83.7 Å². The second kappa shape index (κ2) is 9.93. The molecule has 1 aliphatic heterocycles. The van der Waals surface area contributed by atoms with E-state index in [1.807, 2.05) is 37.3 Å². The van der Waals surface area contributed by atoms with E-state index in [-0.39, 0.29) is 23.4 Å². The Balaban J connectivity index is 1.44. The first-order valence-corrected chi connectivity index (χ1v) is 14.0. The second-order valence-corrected chi connectivity index (χ2v) is 11.5. The van der Waals surface area contributed by atoms with Gasteiger partial charge in [-0.15, -0.1) is 0 Å². The van der Waals surface area contributed by atoms with Crippen LogP contribution in [0.25, 0.3) is 10.2 Å². The monoisotopic (exact) mass is 509 g/mol. The van der Waals surface area contributed by atoms with Gasteiger partial charge in [0.25, 0.3) is 5.91 Å². The minimum Gasteiger partial charge on any atom is -0.467 e. The Morgan fingerprint density at radius 2 is 1.91 bits per heavy atom. The van der Waals surface area contributed by atoms with Crippen molar-refractivity contribution in [1.29, 1.82) is 0 Å². The molecule has 3 heterocycles. The number of nitrogens with zero attached hydrogens (tertiary/aromatic N) is 3. The molecule has 1 amide bonds. The van der Waals surface area contributed by atoms with Crippen molar-refractivity contribution in [3.8, 4) is 0 Å². The number of piperidine rings is 1. The number of benzene rings is 2. The molecule has 2 aromatic carbocycles. The molecule has 0 N–H and O–H groups in total. The lowest BCUT2D eigenvalue weighted by Gasteiger charge is -2.34. The first kappa shape index (κ1) is 23.7. The number of para-hydroxylation sites is 1. The summed E-state index contributed by atoms with van der Waals surface area (Å²) in [7, 11) is -3.61. The Hall–Kier alpha value is -3.01. The van der Waals surface area contributed by atoms with Crippen LogP contribution in [0.15, 0.2) is 76.2 Å². The summed E-state index contributed by atoms with van der Waals surface area (Å²) in [5.74, 6) is 0.362. The van der Waals surface area contributed by atoms with Crippen LogP contribution < -0.4 is 4.90 Å². The molecule has 0 spiro atoms. The van der Waals surface area contributed by atoms with Crippen molar-refractivity contribution < 1.29 is 17.6 Å². The lowest BCUT2D eigenvalue weighted by atomic mass is 10.0. The molecule has 0 saturated carbocycles. The standard InChI is InChI=1S/C26H27N3O4S2/c1-2-20-8-5-6-16-29(20)35(31,32)22-14-12-19(13-15-22)25(30)28(18-21-9-7-17-33-21)26-27-23-10-3-4-11-24(23)34-26/h3-4,7,9-15,17,20H,2,5-6,8,16,18H2,1H3. The average molecular weight is 510 g/mol. The van der Waals surface area contributed by atoms with E-state index in [9.17, 15) is 13.2 Å². The highest BCUT2D eigenvalue weighted by Crippen LogP contribution is 2.31. The van der Waals surface area contributed by atoms with Crippen molar-refractivity contribution >= 4 is 42.6 Å². The molecule has 0 radical (unpaired) electrons. The molecule has 9 heteroatoms. The summed E-state index contributed by atoms with van der Waals surface area (Å²) >= 11 is 1.43. The summed E-state index contributed by atoms with van der Waals surface area (Å²) in [6.45, 7) is 2.78. The van der Waals surface area contributed by atoms with Gasteiger partial charge in [-0.05, 0) is 67.8 Å². The summed E-state index contributed by atoms with van der Waals surface area (Å²) < 4.78 is 34.7. The number of anilines is 1. The molecule has 1 atom stereocenters. The Kier molecular flexibility index (Phi) is 6.73. The lowest BCUT2D eigenvalue weighted by Crippen LogP contribution is -2.43. The fraction of sp³-hybridized carbons (Fsp3) is 0.308. The van der Waals surface area contributed by atoms with Gasteiger partial charge in [0, 0.05) is 18.2 Å². The van der Waals surface area contributed by atoms with Crippen molar-refractivity contribution in [3.63, 3.8) is 0 Å². The van der Waals surface area contributed by atoms with E-state index in [2.05, 4.69) is 4.98 Å². The third-order valence-corrected chi connectivity index (χ3v) is 9.43. The molecule has 0 bridgehead atoms. The molecule has 2 aromatic heterocycles. The van der Waals surface area contributed by atoms with Crippen molar-refractivity contribution in [3.05, 3.63) is 78.3 Å². The number of hydrogen-bond acceptors (Lipinski definition) is 6. The fourth-order valence-electron chi connectivity index (χ4n) is 4.52. The van der Waals surface area contributed by atoms with E-state index < -0.39 is 10.0 Å². The van der Waals surface area contributed by atoms with E-state index in [1.54, 1.807) is 33.7 Å². The Labute approximate surface area is 209 Å². The van der Waals surface area contributed by atoms with Crippen molar-refractivity contribution in [2.75, 3.05) is 11.4 Å². The maximum absolute atomic E-state index is 13.6. The van der Waals surface area contributed by atoms with Gasteiger partial charge in [0.05, 0.1) is 27.9 Å². The van der Waals surface area contributed by atoms with Gasteiger partial charge in [0.1, 0.15) is 5.76 Å². The van der Waals surface area contributed by atoms with Crippen LogP contribution >= 0.6 is 11.3 Å². The van der Waals surface area contributed by atoms with Gasteiger partial charge in [0.15, 0.2) is 5.13 Å². The van der Waals surface area contributed by atoms with E-state index in [0.717, 1.165) is 35.9 Å². The summed E-state index contributed by atoms with van der Waals surface area (Å²) in [5, 5.41) is 0.559. The summed E-state index contributed by atoms with van der Waals surface area (Å²) in [5.41, 5.74) is 1.21. The van der Waals surface area contributed by atoms with Crippen LogP contribution in [-0.4, -0.2) is 36.2 Å². The third kappa shape index (κ3) is 4.76. The SMILES string of the molecule is CCC1CCCCN1S(=O)(=O)c1ccc(C(=O)N(Cc2ccco2)c2nc3ccccc3s2)cc1. The highest BCUT2D eigenvalue weighted by Gasteiger charge is 2.32. The minimum absolute atomic E-state index is 0.0258. The highest BCUT2D eigenvalue weighted by molar-refractivity contribution is 7.89. The first-order chi connectivity index (χ1) is 17.0. The number of amides is 1. The number of furan rings is 1. The predicted molar refractivity (Wildman–Crippen MR) is 137 cm³/mol. The Morgan fingerprint density at radius 3 is 2.63 bits per heavy atom. The molecule has 4 aromatic rings. The number of fused-ring (bicyclic) bond motifs is 1. The summed E-state index contributed by atoms with van der Waals surface area (Å²) in [4.78, 5) is 20.0. The van der Waals surface area contributed by atoms with Crippen molar-refractivity contribution in [2.45, 2.75) is 50.1 Å². The number of thiazole rings is 1. The molecule has 0 aliphatic carbocycles. The number of carbonyl (C=O) groups excluding carboxylic acids is 1. The molecule has 182 valence electrons. The molecule has 5 rings (SSSR count). The molecule has 1 fully saturated rings. The maximum Gasteiger partial charge on any atom is 0.260 e. The Morgan fingerprint density at radius 1 is 1.11 bits per heavy atom. The van der Waals surface area contributed by atoms with Crippen LogP contribution in [-0.2, 0) is 16.6 Å². The number of hydrogen-bond donors (Lipinski definition) is 0. The lowest BCUT2D eigenvalue weighted by molar-refractivity contribution is 0.0983.